The molecular formula is C13H20N2O4S. The highest BCUT2D eigenvalue weighted by atomic mass is 32.1. The summed E-state index contributed by atoms with van der Waals surface area (Å²) in [7, 11) is 0. The molecule has 0 atom stereocenters. The van der Waals surface area contributed by atoms with E-state index in [-0.39, 0.29) is 23.7 Å². The third-order valence-corrected chi connectivity index (χ3v) is 4.09. The molecule has 0 fully saturated rings. The molecule has 6 nitrogen and oxygen atoms in total. The van der Waals surface area contributed by atoms with Crippen molar-refractivity contribution in [1.29, 1.82) is 0 Å². The van der Waals surface area contributed by atoms with E-state index in [1.807, 2.05) is 20.8 Å². The third-order valence-electron chi connectivity index (χ3n) is 3.10. The van der Waals surface area contributed by atoms with Crippen LogP contribution in [0.4, 0.5) is 0 Å². The molecule has 0 spiro atoms. The Morgan fingerprint density at radius 3 is 2.45 bits per heavy atom. The van der Waals surface area contributed by atoms with E-state index < -0.39 is 5.97 Å². The van der Waals surface area contributed by atoms with Gasteiger partial charge in [-0.25, -0.2) is 0 Å². The summed E-state index contributed by atoms with van der Waals surface area (Å²) >= 11 is 1.17. The van der Waals surface area contributed by atoms with Gasteiger partial charge in [-0.05, 0) is 20.3 Å². The summed E-state index contributed by atoms with van der Waals surface area (Å²) in [6.45, 7) is 6.03. The molecule has 20 heavy (non-hydrogen) atoms. The number of thiazole rings is 1. The second-order valence-corrected chi connectivity index (χ2v) is 5.79. The molecule has 1 heterocycles. The number of aromatic nitrogens is 1. The lowest BCUT2D eigenvalue weighted by Crippen LogP contribution is -2.37. The van der Waals surface area contributed by atoms with E-state index >= 15 is 0 Å². The van der Waals surface area contributed by atoms with Crippen LogP contribution in [0.15, 0.2) is 4.79 Å². The molecule has 1 N–H and O–H groups in total. The molecule has 1 rings (SSSR count). The van der Waals surface area contributed by atoms with Crippen molar-refractivity contribution < 1.29 is 14.7 Å². The van der Waals surface area contributed by atoms with Gasteiger partial charge < -0.3 is 14.6 Å². The molecule has 0 aliphatic rings. The van der Waals surface area contributed by atoms with Gasteiger partial charge in [0.15, 0.2) is 0 Å². The topological polar surface area (TPSA) is 79.6 Å². The van der Waals surface area contributed by atoms with Gasteiger partial charge >= 0.3 is 10.8 Å². The molecule has 0 saturated carbocycles. The summed E-state index contributed by atoms with van der Waals surface area (Å²) in [5, 5.41) is 8.79. The van der Waals surface area contributed by atoms with Gasteiger partial charge in [0, 0.05) is 30.1 Å². The van der Waals surface area contributed by atoms with Crippen molar-refractivity contribution in [1.82, 2.24) is 9.47 Å². The maximum Gasteiger partial charge on any atom is 0.323 e. The maximum atomic E-state index is 12.0. The highest BCUT2D eigenvalue weighted by Gasteiger charge is 2.17. The molecule has 1 aromatic heterocycles. The monoisotopic (exact) mass is 300 g/mol. The minimum Gasteiger partial charge on any atom is -0.480 e. The van der Waals surface area contributed by atoms with Crippen LogP contribution in [0.3, 0.4) is 0 Å². The summed E-state index contributed by atoms with van der Waals surface area (Å²) in [6.07, 6.45) is 0.847. The van der Waals surface area contributed by atoms with Crippen LogP contribution in [0.1, 0.15) is 30.3 Å². The summed E-state index contributed by atoms with van der Waals surface area (Å²) in [4.78, 5) is 36.6. The van der Waals surface area contributed by atoms with Crippen LogP contribution in [-0.2, 0) is 16.1 Å². The van der Waals surface area contributed by atoms with Crippen molar-refractivity contribution in [3.05, 3.63) is 20.2 Å². The molecular weight excluding hydrogens is 280 g/mol. The second kappa shape index (κ2) is 7.23. The van der Waals surface area contributed by atoms with E-state index in [1.165, 1.54) is 16.2 Å². The van der Waals surface area contributed by atoms with E-state index in [9.17, 15) is 14.4 Å². The predicted octanol–water partition coefficient (Wildman–Crippen LogP) is 1.24. The van der Waals surface area contributed by atoms with Crippen LogP contribution < -0.4 is 4.87 Å². The minimum atomic E-state index is -1.02. The number of aryl methyl sites for hydroxylation is 1. The standard InChI is InChI=1S/C13H20N2O4S/c1-4-6-14(8-12(17)18)11(16)5-7-15-9(2)10(3)20-13(15)19/h4-8H2,1-3H3,(H,17,18). The smallest absolute Gasteiger partial charge is 0.323 e. The summed E-state index contributed by atoms with van der Waals surface area (Å²) in [5.74, 6) is -1.25. The average molecular weight is 300 g/mol. The van der Waals surface area contributed by atoms with E-state index in [2.05, 4.69) is 0 Å². The van der Waals surface area contributed by atoms with E-state index in [4.69, 9.17) is 5.11 Å². The Balaban J connectivity index is 2.69. The molecule has 7 heteroatoms. The van der Waals surface area contributed by atoms with Gasteiger partial charge in [-0.3, -0.25) is 14.4 Å². The minimum absolute atomic E-state index is 0.0759. The molecule has 1 aromatic rings. The Hall–Kier alpha value is -1.63. The molecule has 0 aliphatic carbocycles. The van der Waals surface area contributed by atoms with E-state index in [1.54, 1.807) is 4.57 Å². The SMILES string of the molecule is CCCN(CC(=O)O)C(=O)CCn1c(C)c(C)sc1=O. The Morgan fingerprint density at radius 1 is 1.35 bits per heavy atom. The first-order valence-corrected chi connectivity index (χ1v) is 7.34. The van der Waals surface area contributed by atoms with Crippen molar-refractivity contribution in [2.75, 3.05) is 13.1 Å². The molecule has 0 saturated heterocycles. The number of aliphatic carboxylic acids is 1. The fourth-order valence-corrected chi connectivity index (χ4v) is 2.79. The molecule has 1 amide bonds. The number of hydrogen-bond acceptors (Lipinski definition) is 4. The molecule has 0 aliphatic heterocycles. The number of carbonyl (C=O) groups excluding carboxylic acids is 1. The fourth-order valence-electron chi connectivity index (χ4n) is 1.94. The number of nitrogens with zero attached hydrogens (tertiary/aromatic N) is 2. The lowest BCUT2D eigenvalue weighted by molar-refractivity contribution is -0.144. The van der Waals surface area contributed by atoms with Crippen molar-refractivity contribution in [3.8, 4) is 0 Å². The first-order chi connectivity index (χ1) is 9.36. The molecule has 112 valence electrons. The van der Waals surface area contributed by atoms with Gasteiger partial charge in [-0.2, -0.15) is 0 Å². The Bertz CT molecular complexity index is 547. The van der Waals surface area contributed by atoms with Crippen molar-refractivity contribution in [2.24, 2.45) is 0 Å². The van der Waals surface area contributed by atoms with Gasteiger partial charge in [-0.15, -0.1) is 0 Å². The van der Waals surface area contributed by atoms with Crippen LogP contribution in [-0.4, -0.2) is 39.5 Å². The first-order valence-electron chi connectivity index (χ1n) is 6.53. The van der Waals surface area contributed by atoms with E-state index in [0.717, 1.165) is 10.6 Å². The normalized spacial score (nSPS) is 10.6. The van der Waals surface area contributed by atoms with Crippen molar-refractivity contribution in [2.45, 2.75) is 40.2 Å². The number of rotatable bonds is 7. The number of hydrogen-bond donors (Lipinski definition) is 1. The third kappa shape index (κ3) is 4.19. The Labute approximate surface area is 121 Å². The predicted molar refractivity (Wildman–Crippen MR) is 77.2 cm³/mol. The van der Waals surface area contributed by atoms with Crippen molar-refractivity contribution in [3.63, 3.8) is 0 Å². The van der Waals surface area contributed by atoms with Gasteiger partial charge in [0.05, 0.1) is 0 Å². The summed E-state index contributed by atoms with van der Waals surface area (Å²) < 4.78 is 1.57. The van der Waals surface area contributed by atoms with E-state index in [0.29, 0.717) is 19.5 Å². The van der Waals surface area contributed by atoms with Crippen LogP contribution in [0.5, 0.6) is 0 Å². The van der Waals surface area contributed by atoms with Crippen molar-refractivity contribution >= 4 is 23.2 Å². The lowest BCUT2D eigenvalue weighted by atomic mass is 10.3. The van der Waals surface area contributed by atoms with Gasteiger partial charge in [-0.1, -0.05) is 18.3 Å². The Kier molecular flexibility index (Phi) is 5.94. The summed E-state index contributed by atoms with van der Waals surface area (Å²) in [6, 6.07) is 0. The number of amides is 1. The van der Waals surface area contributed by atoms with Crippen LogP contribution >= 0.6 is 11.3 Å². The lowest BCUT2D eigenvalue weighted by Gasteiger charge is -2.20. The van der Waals surface area contributed by atoms with Gasteiger partial charge in [0.2, 0.25) is 5.91 Å². The quantitative estimate of drug-likeness (QED) is 0.821. The molecule has 0 radical (unpaired) electrons. The fraction of sp³-hybridized carbons (Fsp3) is 0.615. The van der Waals surface area contributed by atoms with Crippen LogP contribution in [0, 0.1) is 13.8 Å². The molecule has 0 aromatic carbocycles. The average Bonchev–Trinajstić information content (AvgIpc) is 2.60. The van der Waals surface area contributed by atoms with Gasteiger partial charge in [0.1, 0.15) is 6.54 Å². The zero-order chi connectivity index (χ0) is 15.3. The highest BCUT2D eigenvalue weighted by Crippen LogP contribution is 2.10. The molecule has 0 bridgehead atoms. The van der Waals surface area contributed by atoms with Gasteiger partial charge in [0.25, 0.3) is 0 Å². The Morgan fingerprint density at radius 2 is 2.00 bits per heavy atom. The number of carboxylic acid groups (broad SMARTS) is 1. The van der Waals surface area contributed by atoms with Crippen LogP contribution in [0.2, 0.25) is 0 Å². The second-order valence-electron chi connectivity index (χ2n) is 4.62. The maximum absolute atomic E-state index is 12.0. The zero-order valence-corrected chi connectivity index (χ0v) is 12.8. The zero-order valence-electron chi connectivity index (χ0n) is 12.0. The molecule has 0 unspecified atom stereocenters. The largest absolute Gasteiger partial charge is 0.480 e. The number of carboxylic acids is 1. The highest BCUT2D eigenvalue weighted by molar-refractivity contribution is 7.09. The van der Waals surface area contributed by atoms with Crippen LogP contribution in [0.25, 0.3) is 0 Å². The summed E-state index contributed by atoms with van der Waals surface area (Å²) in [5.41, 5.74) is 0.869. The first kappa shape index (κ1) is 16.4. The number of carbonyl (C=O) groups is 2.